The van der Waals surface area contributed by atoms with Gasteiger partial charge < -0.3 is 0 Å². The second kappa shape index (κ2) is 8.34. The Hall–Kier alpha value is -1.81. The summed E-state index contributed by atoms with van der Waals surface area (Å²) in [7, 11) is -3.54. The van der Waals surface area contributed by atoms with Gasteiger partial charge in [-0.3, -0.25) is 4.72 Å². The van der Waals surface area contributed by atoms with Gasteiger partial charge in [-0.1, -0.05) is 44.4 Å². The van der Waals surface area contributed by atoms with Crippen LogP contribution in [0.25, 0.3) is 0 Å². The average molecular weight is 346 g/mol. The number of hydrogen-bond acceptors (Lipinski definition) is 2. The van der Waals surface area contributed by atoms with E-state index in [1.165, 1.54) is 24.8 Å². The molecule has 3 nitrogen and oxygen atoms in total. The Balaban J connectivity index is 2.04. The van der Waals surface area contributed by atoms with Crippen LogP contribution in [0.1, 0.15) is 49.3 Å². The van der Waals surface area contributed by atoms with E-state index in [9.17, 15) is 8.42 Å². The summed E-state index contributed by atoms with van der Waals surface area (Å²) >= 11 is 0. The van der Waals surface area contributed by atoms with Crippen molar-refractivity contribution in [2.75, 3.05) is 4.72 Å². The first-order valence-electron chi connectivity index (χ1n) is 8.61. The van der Waals surface area contributed by atoms with E-state index in [4.69, 9.17) is 0 Å². The minimum absolute atomic E-state index is 0.304. The summed E-state index contributed by atoms with van der Waals surface area (Å²) in [6.45, 7) is 6.18. The van der Waals surface area contributed by atoms with Crippen molar-refractivity contribution in [1.29, 1.82) is 0 Å². The Labute approximate surface area is 146 Å². The predicted octanol–water partition coefficient (Wildman–Crippen LogP) is 5.23. The molecule has 0 spiro atoms. The lowest BCUT2D eigenvalue weighted by molar-refractivity contribution is 0.601. The van der Waals surface area contributed by atoms with Crippen molar-refractivity contribution in [2.24, 2.45) is 0 Å². The third-order valence-electron chi connectivity index (χ3n) is 4.31. The molecular weight excluding hydrogens is 318 g/mol. The van der Waals surface area contributed by atoms with E-state index < -0.39 is 10.0 Å². The number of sulfonamides is 1. The summed E-state index contributed by atoms with van der Waals surface area (Å²) in [5.41, 5.74) is 4.00. The highest BCUT2D eigenvalue weighted by Crippen LogP contribution is 2.20. The van der Waals surface area contributed by atoms with Crippen molar-refractivity contribution in [3.63, 3.8) is 0 Å². The summed E-state index contributed by atoms with van der Waals surface area (Å²) in [4.78, 5) is 0.304. The third-order valence-corrected chi connectivity index (χ3v) is 5.71. The maximum atomic E-state index is 12.5. The molecule has 0 aliphatic rings. The van der Waals surface area contributed by atoms with Crippen molar-refractivity contribution in [3.8, 4) is 0 Å². The molecule has 0 aliphatic carbocycles. The number of unbranched alkanes of at least 4 members (excludes halogenated alkanes) is 3. The van der Waals surface area contributed by atoms with Gasteiger partial charge in [0.25, 0.3) is 10.0 Å². The fourth-order valence-corrected chi connectivity index (χ4v) is 3.66. The molecule has 2 aromatic carbocycles. The molecule has 0 fully saturated rings. The Bertz CT molecular complexity index is 765. The van der Waals surface area contributed by atoms with Crippen LogP contribution in [0.3, 0.4) is 0 Å². The zero-order valence-electron chi connectivity index (χ0n) is 14.8. The van der Waals surface area contributed by atoms with Crippen LogP contribution < -0.4 is 4.72 Å². The van der Waals surface area contributed by atoms with E-state index in [2.05, 4.69) is 11.6 Å². The zero-order chi connectivity index (χ0) is 17.6. The summed E-state index contributed by atoms with van der Waals surface area (Å²) in [6, 6.07) is 12.8. The number of hydrogen-bond donors (Lipinski definition) is 1. The van der Waals surface area contributed by atoms with E-state index >= 15 is 0 Å². The highest BCUT2D eigenvalue weighted by atomic mass is 32.2. The molecule has 130 valence electrons. The predicted molar refractivity (Wildman–Crippen MR) is 101 cm³/mol. The monoisotopic (exact) mass is 345 g/mol. The highest BCUT2D eigenvalue weighted by Gasteiger charge is 2.14. The summed E-state index contributed by atoms with van der Waals surface area (Å²) in [5.74, 6) is 0. The molecule has 2 aromatic rings. The molecule has 0 amide bonds. The minimum atomic E-state index is -3.54. The molecule has 0 saturated carbocycles. The van der Waals surface area contributed by atoms with Crippen LogP contribution >= 0.6 is 0 Å². The largest absolute Gasteiger partial charge is 0.280 e. The van der Waals surface area contributed by atoms with Gasteiger partial charge in [0, 0.05) is 5.69 Å². The average Bonchev–Trinajstić information content (AvgIpc) is 2.55. The lowest BCUT2D eigenvalue weighted by Gasteiger charge is -2.10. The Morgan fingerprint density at radius 3 is 2.21 bits per heavy atom. The van der Waals surface area contributed by atoms with Crippen molar-refractivity contribution in [3.05, 3.63) is 59.2 Å². The molecule has 0 atom stereocenters. The van der Waals surface area contributed by atoms with Gasteiger partial charge in [-0.2, -0.15) is 0 Å². The molecule has 0 unspecified atom stereocenters. The molecule has 0 aliphatic heterocycles. The van der Waals surface area contributed by atoms with Crippen LogP contribution in [0.4, 0.5) is 5.69 Å². The Kier molecular flexibility index (Phi) is 6.44. The quantitative estimate of drug-likeness (QED) is 0.666. The Morgan fingerprint density at radius 2 is 1.58 bits per heavy atom. The van der Waals surface area contributed by atoms with Gasteiger partial charge >= 0.3 is 0 Å². The van der Waals surface area contributed by atoms with E-state index in [0.29, 0.717) is 10.6 Å². The van der Waals surface area contributed by atoms with Crippen molar-refractivity contribution in [1.82, 2.24) is 0 Å². The van der Waals surface area contributed by atoms with Gasteiger partial charge in [-0.05, 0) is 67.6 Å². The summed E-state index contributed by atoms with van der Waals surface area (Å²) in [5, 5.41) is 0. The first-order chi connectivity index (χ1) is 11.4. The first-order valence-corrected chi connectivity index (χ1v) is 10.1. The van der Waals surface area contributed by atoms with E-state index in [1.54, 1.807) is 18.2 Å². The van der Waals surface area contributed by atoms with Crippen LogP contribution in [0.15, 0.2) is 47.4 Å². The number of benzene rings is 2. The van der Waals surface area contributed by atoms with Crippen molar-refractivity contribution in [2.45, 2.75) is 57.8 Å². The fourth-order valence-electron chi connectivity index (χ4n) is 2.61. The van der Waals surface area contributed by atoms with Crippen LogP contribution in [0, 0.1) is 13.8 Å². The number of aryl methyl sites for hydroxylation is 3. The van der Waals surface area contributed by atoms with Crippen LogP contribution in [0.2, 0.25) is 0 Å². The lowest BCUT2D eigenvalue weighted by atomic mass is 10.1. The molecular formula is C20H27NO2S. The van der Waals surface area contributed by atoms with Crippen molar-refractivity contribution >= 4 is 15.7 Å². The standard InChI is InChI=1S/C20H27NO2S/c1-4-5-6-7-8-18-10-13-20(14-11-18)24(22,23)21-19-12-9-16(2)17(3)15-19/h9-15,21H,4-8H2,1-3H3. The minimum Gasteiger partial charge on any atom is -0.280 e. The van der Waals surface area contributed by atoms with Gasteiger partial charge in [0.2, 0.25) is 0 Å². The van der Waals surface area contributed by atoms with Crippen LogP contribution in [-0.2, 0) is 16.4 Å². The molecule has 24 heavy (non-hydrogen) atoms. The highest BCUT2D eigenvalue weighted by molar-refractivity contribution is 7.92. The third kappa shape index (κ3) is 5.10. The number of nitrogens with one attached hydrogen (secondary N) is 1. The van der Waals surface area contributed by atoms with Gasteiger partial charge in [0.15, 0.2) is 0 Å². The SMILES string of the molecule is CCCCCCc1ccc(S(=O)(=O)Nc2ccc(C)c(C)c2)cc1. The van der Waals surface area contributed by atoms with E-state index in [0.717, 1.165) is 24.0 Å². The molecule has 0 bridgehead atoms. The summed E-state index contributed by atoms with van der Waals surface area (Å²) < 4.78 is 27.6. The molecule has 1 N–H and O–H groups in total. The van der Waals surface area contributed by atoms with Gasteiger partial charge in [0.05, 0.1) is 4.90 Å². The van der Waals surface area contributed by atoms with Crippen molar-refractivity contribution < 1.29 is 8.42 Å². The zero-order valence-corrected chi connectivity index (χ0v) is 15.6. The molecule has 0 saturated heterocycles. The molecule has 4 heteroatoms. The van der Waals surface area contributed by atoms with Crippen LogP contribution in [-0.4, -0.2) is 8.42 Å². The van der Waals surface area contributed by atoms with E-state index in [-0.39, 0.29) is 0 Å². The maximum Gasteiger partial charge on any atom is 0.261 e. The second-order valence-corrected chi connectivity index (χ2v) is 8.04. The Morgan fingerprint density at radius 1 is 0.875 bits per heavy atom. The second-order valence-electron chi connectivity index (χ2n) is 6.36. The smallest absolute Gasteiger partial charge is 0.261 e. The van der Waals surface area contributed by atoms with Gasteiger partial charge in [-0.15, -0.1) is 0 Å². The molecule has 0 heterocycles. The first kappa shape index (κ1) is 18.5. The van der Waals surface area contributed by atoms with Crippen LogP contribution in [0.5, 0.6) is 0 Å². The van der Waals surface area contributed by atoms with E-state index in [1.807, 2.05) is 38.1 Å². The maximum absolute atomic E-state index is 12.5. The molecule has 0 aromatic heterocycles. The lowest BCUT2D eigenvalue weighted by Crippen LogP contribution is -2.13. The van der Waals surface area contributed by atoms with Gasteiger partial charge in [0.1, 0.15) is 0 Å². The normalized spacial score (nSPS) is 11.5. The topological polar surface area (TPSA) is 46.2 Å². The number of rotatable bonds is 8. The number of anilines is 1. The van der Waals surface area contributed by atoms with Gasteiger partial charge in [-0.25, -0.2) is 8.42 Å². The molecule has 0 radical (unpaired) electrons. The molecule has 2 rings (SSSR count). The summed E-state index contributed by atoms with van der Waals surface area (Å²) in [6.07, 6.45) is 5.87. The fraction of sp³-hybridized carbons (Fsp3) is 0.400.